The quantitative estimate of drug-likeness (QED) is 0.532. The van der Waals surface area contributed by atoms with Gasteiger partial charge in [0.1, 0.15) is 0 Å². The fraction of sp³-hybridized carbons (Fsp3) is 0.800. The summed E-state index contributed by atoms with van der Waals surface area (Å²) >= 11 is 0. The summed E-state index contributed by atoms with van der Waals surface area (Å²) in [6.07, 6.45) is 3.74. The summed E-state index contributed by atoms with van der Waals surface area (Å²) in [6.45, 7) is 0.140. The van der Waals surface area contributed by atoms with Crippen LogP contribution in [0.2, 0.25) is 0 Å². The molecule has 2 atom stereocenters. The van der Waals surface area contributed by atoms with Gasteiger partial charge in [-0.2, -0.15) is 0 Å². The van der Waals surface area contributed by atoms with E-state index in [2.05, 4.69) is 0 Å². The van der Waals surface area contributed by atoms with E-state index in [1.807, 2.05) is 0 Å². The first-order chi connectivity index (χ1) is 7.49. The van der Waals surface area contributed by atoms with E-state index in [-0.39, 0.29) is 25.2 Å². The summed E-state index contributed by atoms with van der Waals surface area (Å²) in [6, 6.07) is 0.283. The third-order valence-electron chi connectivity index (χ3n) is 2.92. The zero-order chi connectivity index (χ0) is 12.1. The van der Waals surface area contributed by atoms with E-state index in [9.17, 15) is 9.59 Å². The molecule has 0 heterocycles. The molecule has 6 heteroatoms. The monoisotopic (exact) mass is 228 g/mol. The summed E-state index contributed by atoms with van der Waals surface area (Å²) in [5, 5.41) is 0. The Morgan fingerprint density at radius 2 is 1.69 bits per heavy atom. The summed E-state index contributed by atoms with van der Waals surface area (Å²) in [5.41, 5.74) is 16.2. The second kappa shape index (κ2) is 5.81. The molecule has 16 heavy (non-hydrogen) atoms. The van der Waals surface area contributed by atoms with Crippen LogP contribution in [0.15, 0.2) is 0 Å². The predicted molar refractivity (Wildman–Crippen MR) is 60.2 cm³/mol. The van der Waals surface area contributed by atoms with Gasteiger partial charge in [0.2, 0.25) is 11.8 Å². The van der Waals surface area contributed by atoms with Crippen molar-refractivity contribution in [2.75, 3.05) is 13.1 Å². The maximum absolute atomic E-state index is 10.9. The van der Waals surface area contributed by atoms with Crippen molar-refractivity contribution >= 4 is 11.8 Å². The third kappa shape index (κ3) is 4.16. The minimum Gasteiger partial charge on any atom is -0.369 e. The molecule has 6 N–H and O–H groups in total. The summed E-state index contributed by atoms with van der Waals surface area (Å²) < 4.78 is 0. The molecule has 0 aromatic carbocycles. The predicted octanol–water partition coefficient (Wildman–Crippen LogP) is -1.47. The smallest absolute Gasteiger partial charge is 0.231 e. The van der Waals surface area contributed by atoms with Crippen molar-refractivity contribution in [3.05, 3.63) is 0 Å². The molecule has 1 aliphatic rings. The van der Waals surface area contributed by atoms with Crippen molar-refractivity contribution < 1.29 is 9.59 Å². The Morgan fingerprint density at radius 3 is 2.12 bits per heavy atom. The average Bonchev–Trinajstić information content (AvgIpc) is 2.15. The van der Waals surface area contributed by atoms with Crippen LogP contribution in [0.4, 0.5) is 0 Å². The number of rotatable bonds is 5. The second-order valence-electron chi connectivity index (χ2n) is 4.42. The number of nitrogens with zero attached hydrogens (tertiary/aromatic N) is 1. The molecule has 0 aliphatic heterocycles. The zero-order valence-corrected chi connectivity index (χ0v) is 9.39. The molecular formula is C10H20N4O2. The number of amides is 2. The minimum atomic E-state index is -0.444. The molecule has 1 aliphatic carbocycles. The molecule has 0 spiro atoms. The van der Waals surface area contributed by atoms with E-state index < -0.39 is 11.8 Å². The molecule has 0 saturated heterocycles. The van der Waals surface area contributed by atoms with Gasteiger partial charge in [0, 0.05) is 12.1 Å². The van der Waals surface area contributed by atoms with Gasteiger partial charge in [-0.3, -0.25) is 14.5 Å². The molecule has 0 bridgehead atoms. The first-order valence-electron chi connectivity index (χ1n) is 5.55. The summed E-state index contributed by atoms with van der Waals surface area (Å²) in [7, 11) is 0. The van der Waals surface area contributed by atoms with Crippen LogP contribution in [0.3, 0.4) is 0 Å². The molecular weight excluding hydrogens is 208 g/mol. The topological polar surface area (TPSA) is 115 Å². The van der Waals surface area contributed by atoms with Gasteiger partial charge in [-0.15, -0.1) is 0 Å². The van der Waals surface area contributed by atoms with Crippen molar-refractivity contribution in [1.82, 2.24) is 4.90 Å². The largest absolute Gasteiger partial charge is 0.369 e. The lowest BCUT2D eigenvalue weighted by Crippen LogP contribution is -2.49. The maximum atomic E-state index is 10.9. The number of carbonyl (C=O) groups excluding carboxylic acids is 2. The number of primary amides is 2. The highest BCUT2D eigenvalue weighted by Crippen LogP contribution is 2.21. The van der Waals surface area contributed by atoms with E-state index >= 15 is 0 Å². The molecule has 6 nitrogen and oxygen atoms in total. The zero-order valence-electron chi connectivity index (χ0n) is 9.39. The van der Waals surface area contributed by atoms with Crippen LogP contribution in [0, 0.1) is 0 Å². The Bertz CT molecular complexity index is 254. The van der Waals surface area contributed by atoms with E-state index in [0.29, 0.717) is 0 Å². The first-order valence-corrected chi connectivity index (χ1v) is 5.55. The molecule has 0 radical (unpaired) electrons. The Morgan fingerprint density at radius 1 is 1.12 bits per heavy atom. The van der Waals surface area contributed by atoms with E-state index in [0.717, 1.165) is 25.7 Å². The molecule has 0 aromatic rings. The van der Waals surface area contributed by atoms with Crippen LogP contribution in [0.1, 0.15) is 25.7 Å². The Hall–Kier alpha value is -1.14. The maximum Gasteiger partial charge on any atom is 0.231 e. The number of carbonyl (C=O) groups is 2. The lowest BCUT2D eigenvalue weighted by molar-refractivity contribution is -0.123. The number of hydrogen-bond acceptors (Lipinski definition) is 4. The number of hydrogen-bond donors (Lipinski definition) is 3. The van der Waals surface area contributed by atoms with Crippen molar-refractivity contribution in [3.63, 3.8) is 0 Å². The number of nitrogens with two attached hydrogens (primary N) is 3. The van der Waals surface area contributed by atoms with Gasteiger partial charge in [-0.25, -0.2) is 0 Å². The highest BCUT2D eigenvalue weighted by molar-refractivity contribution is 5.79. The minimum absolute atomic E-state index is 0.0698. The second-order valence-corrected chi connectivity index (χ2v) is 4.42. The van der Waals surface area contributed by atoms with Gasteiger partial charge < -0.3 is 17.2 Å². The molecule has 2 amide bonds. The third-order valence-corrected chi connectivity index (χ3v) is 2.92. The fourth-order valence-corrected chi connectivity index (χ4v) is 2.25. The van der Waals surface area contributed by atoms with Crippen molar-refractivity contribution in [1.29, 1.82) is 0 Å². The molecule has 1 saturated carbocycles. The van der Waals surface area contributed by atoms with Crippen LogP contribution >= 0.6 is 0 Å². The average molecular weight is 228 g/mol. The van der Waals surface area contributed by atoms with Crippen molar-refractivity contribution in [2.45, 2.75) is 37.8 Å². The SMILES string of the molecule is NC(=O)CN(CC(N)=O)C1CCCC(N)C1. The van der Waals surface area contributed by atoms with E-state index in [4.69, 9.17) is 17.2 Å². The van der Waals surface area contributed by atoms with Crippen LogP contribution in [0.25, 0.3) is 0 Å². The summed E-state index contributed by atoms with van der Waals surface area (Å²) in [5.74, 6) is -0.888. The fourth-order valence-electron chi connectivity index (χ4n) is 2.25. The van der Waals surface area contributed by atoms with E-state index in [1.54, 1.807) is 4.90 Å². The Balaban J connectivity index is 2.58. The molecule has 0 aromatic heterocycles. The van der Waals surface area contributed by atoms with Crippen LogP contribution in [0.5, 0.6) is 0 Å². The standard InChI is InChI=1S/C10H20N4O2/c11-7-2-1-3-8(4-7)14(5-9(12)15)6-10(13)16/h7-8H,1-6,11H2,(H2,12,15)(H2,13,16). The molecule has 1 fully saturated rings. The Kier molecular flexibility index (Phi) is 4.70. The van der Waals surface area contributed by atoms with Gasteiger partial charge in [-0.1, -0.05) is 6.42 Å². The molecule has 1 rings (SSSR count). The van der Waals surface area contributed by atoms with Crippen molar-refractivity contribution in [2.24, 2.45) is 17.2 Å². The Labute approximate surface area is 95.1 Å². The van der Waals surface area contributed by atoms with Crippen LogP contribution in [-0.2, 0) is 9.59 Å². The molecule has 2 unspecified atom stereocenters. The van der Waals surface area contributed by atoms with Crippen molar-refractivity contribution in [3.8, 4) is 0 Å². The highest BCUT2D eigenvalue weighted by atomic mass is 16.2. The van der Waals surface area contributed by atoms with Gasteiger partial charge in [0.05, 0.1) is 13.1 Å². The molecule has 92 valence electrons. The van der Waals surface area contributed by atoms with E-state index in [1.165, 1.54) is 0 Å². The van der Waals surface area contributed by atoms with Crippen LogP contribution < -0.4 is 17.2 Å². The first kappa shape index (κ1) is 12.9. The lowest BCUT2D eigenvalue weighted by Gasteiger charge is -2.35. The van der Waals surface area contributed by atoms with Gasteiger partial charge in [-0.05, 0) is 19.3 Å². The lowest BCUT2D eigenvalue weighted by atomic mass is 9.90. The van der Waals surface area contributed by atoms with Gasteiger partial charge >= 0.3 is 0 Å². The summed E-state index contributed by atoms with van der Waals surface area (Å²) in [4.78, 5) is 23.6. The normalized spacial score (nSPS) is 25.6. The van der Waals surface area contributed by atoms with Crippen LogP contribution in [-0.4, -0.2) is 41.9 Å². The van der Waals surface area contributed by atoms with Gasteiger partial charge in [0.15, 0.2) is 0 Å². The highest BCUT2D eigenvalue weighted by Gasteiger charge is 2.26. The van der Waals surface area contributed by atoms with Gasteiger partial charge in [0.25, 0.3) is 0 Å².